The van der Waals surface area contributed by atoms with Gasteiger partial charge in [0.25, 0.3) is 0 Å². The summed E-state index contributed by atoms with van der Waals surface area (Å²) >= 11 is 0. The Labute approximate surface area is 108 Å². The van der Waals surface area contributed by atoms with Crippen molar-refractivity contribution in [3.63, 3.8) is 0 Å². The molecule has 0 bridgehead atoms. The third-order valence-corrected chi connectivity index (χ3v) is 3.86. The van der Waals surface area contributed by atoms with Crippen molar-refractivity contribution < 1.29 is 4.79 Å². The van der Waals surface area contributed by atoms with Crippen molar-refractivity contribution in [3.05, 3.63) is 18.0 Å². The maximum atomic E-state index is 11.7. The summed E-state index contributed by atoms with van der Waals surface area (Å²) in [4.78, 5) is 11.7. The number of rotatable bonds is 3. The molecule has 1 amide bonds. The average Bonchev–Trinajstić information content (AvgIpc) is 2.74. The van der Waals surface area contributed by atoms with Gasteiger partial charge in [-0.05, 0) is 32.3 Å². The zero-order valence-corrected chi connectivity index (χ0v) is 11.3. The van der Waals surface area contributed by atoms with E-state index in [2.05, 4.69) is 24.3 Å². The maximum absolute atomic E-state index is 11.7. The number of nitrogens with zero attached hydrogens (tertiary/aromatic N) is 2. The third kappa shape index (κ3) is 2.27. The zero-order valence-electron chi connectivity index (χ0n) is 11.3. The molecule has 5 heteroatoms. The first-order valence-corrected chi connectivity index (χ1v) is 6.61. The minimum atomic E-state index is -0.226. The van der Waals surface area contributed by atoms with Crippen LogP contribution in [0.3, 0.4) is 0 Å². The van der Waals surface area contributed by atoms with E-state index in [1.165, 1.54) is 0 Å². The summed E-state index contributed by atoms with van der Waals surface area (Å²) in [7, 11) is 0. The Kier molecular flexibility index (Phi) is 3.71. The molecular weight excluding hydrogens is 228 g/mol. The predicted molar refractivity (Wildman–Crippen MR) is 69.7 cm³/mol. The van der Waals surface area contributed by atoms with E-state index in [1.54, 1.807) is 6.20 Å². The topological polar surface area (TPSA) is 72.9 Å². The van der Waals surface area contributed by atoms with Gasteiger partial charge in [0.15, 0.2) is 0 Å². The van der Waals surface area contributed by atoms with Crippen molar-refractivity contribution in [1.82, 2.24) is 15.1 Å². The Balaban J connectivity index is 2.35. The van der Waals surface area contributed by atoms with Crippen LogP contribution < -0.4 is 11.1 Å². The number of hydrogen-bond acceptors (Lipinski definition) is 3. The monoisotopic (exact) mass is 250 g/mol. The van der Waals surface area contributed by atoms with E-state index in [0.29, 0.717) is 12.0 Å². The Morgan fingerprint density at radius 3 is 2.94 bits per heavy atom. The van der Waals surface area contributed by atoms with Crippen molar-refractivity contribution in [1.29, 1.82) is 0 Å². The van der Waals surface area contributed by atoms with Crippen molar-refractivity contribution in [2.45, 2.75) is 45.8 Å². The van der Waals surface area contributed by atoms with Gasteiger partial charge in [0.2, 0.25) is 5.91 Å². The van der Waals surface area contributed by atoms with Crippen LogP contribution in [-0.2, 0) is 11.3 Å². The minimum absolute atomic E-state index is 0.0244. The molecule has 1 aliphatic heterocycles. The van der Waals surface area contributed by atoms with Crippen molar-refractivity contribution in [2.75, 3.05) is 0 Å². The van der Waals surface area contributed by atoms with Gasteiger partial charge in [0, 0.05) is 18.8 Å². The van der Waals surface area contributed by atoms with Crippen molar-refractivity contribution >= 4 is 5.91 Å². The van der Waals surface area contributed by atoms with E-state index in [0.717, 1.165) is 18.7 Å². The summed E-state index contributed by atoms with van der Waals surface area (Å²) in [6, 6.07) is 2.34. The highest BCUT2D eigenvalue weighted by Gasteiger charge is 2.39. The van der Waals surface area contributed by atoms with E-state index >= 15 is 0 Å². The number of nitrogens with two attached hydrogens (primary N) is 1. The Hall–Kier alpha value is -1.36. The molecule has 0 spiro atoms. The molecule has 0 radical (unpaired) electrons. The second-order valence-corrected chi connectivity index (χ2v) is 5.26. The molecule has 0 aromatic carbocycles. The quantitative estimate of drug-likeness (QED) is 0.842. The van der Waals surface area contributed by atoms with Crippen LogP contribution >= 0.6 is 0 Å². The van der Waals surface area contributed by atoms with Gasteiger partial charge in [-0.2, -0.15) is 5.10 Å². The van der Waals surface area contributed by atoms with Crippen LogP contribution in [0.4, 0.5) is 0 Å². The summed E-state index contributed by atoms with van der Waals surface area (Å²) < 4.78 is 1.93. The first-order valence-electron chi connectivity index (χ1n) is 6.61. The maximum Gasteiger partial charge on any atom is 0.222 e. The van der Waals surface area contributed by atoms with E-state index in [9.17, 15) is 4.79 Å². The fraction of sp³-hybridized carbons (Fsp3) is 0.692. The lowest BCUT2D eigenvalue weighted by atomic mass is 9.77. The molecule has 1 aliphatic rings. The Bertz CT molecular complexity index is 428. The van der Waals surface area contributed by atoms with Gasteiger partial charge >= 0.3 is 0 Å². The standard InChI is InChI=1S/C13H22N4O/c1-4-17-10(5-6-15-17)12-11(13(14)18)8(2)7-9(3)16-12/h5-6,8-9,11-12,16H,4,7H2,1-3H3,(H2,14,18). The predicted octanol–water partition coefficient (Wildman–Crippen LogP) is 1.06. The second-order valence-electron chi connectivity index (χ2n) is 5.26. The second kappa shape index (κ2) is 5.10. The summed E-state index contributed by atoms with van der Waals surface area (Å²) in [5, 5.41) is 7.77. The van der Waals surface area contributed by atoms with E-state index in [-0.39, 0.29) is 17.9 Å². The highest BCUT2D eigenvalue weighted by molar-refractivity contribution is 5.78. The van der Waals surface area contributed by atoms with Crippen LogP contribution in [0.2, 0.25) is 0 Å². The number of hydrogen-bond donors (Lipinski definition) is 2. The minimum Gasteiger partial charge on any atom is -0.369 e. The van der Waals surface area contributed by atoms with Gasteiger partial charge in [-0.15, -0.1) is 0 Å². The number of primary amides is 1. The molecule has 4 atom stereocenters. The van der Waals surface area contributed by atoms with Crippen LogP contribution in [0.1, 0.15) is 38.9 Å². The number of carbonyl (C=O) groups excluding carboxylic acids is 1. The number of aryl methyl sites for hydroxylation is 1. The van der Waals surface area contributed by atoms with Gasteiger partial charge in [-0.1, -0.05) is 6.92 Å². The van der Waals surface area contributed by atoms with Gasteiger partial charge < -0.3 is 11.1 Å². The molecule has 2 rings (SSSR count). The normalized spacial score (nSPS) is 32.4. The molecule has 0 saturated carbocycles. The number of piperidine rings is 1. The summed E-state index contributed by atoms with van der Waals surface area (Å²) in [6.45, 7) is 7.10. The number of amides is 1. The molecule has 1 fully saturated rings. The van der Waals surface area contributed by atoms with E-state index in [1.807, 2.05) is 17.7 Å². The van der Waals surface area contributed by atoms with Gasteiger partial charge in [0.1, 0.15) is 0 Å². The molecule has 100 valence electrons. The van der Waals surface area contributed by atoms with Gasteiger partial charge in [-0.3, -0.25) is 9.48 Å². The zero-order chi connectivity index (χ0) is 13.3. The first-order chi connectivity index (χ1) is 8.54. The molecule has 5 nitrogen and oxygen atoms in total. The number of carbonyl (C=O) groups is 1. The van der Waals surface area contributed by atoms with Crippen LogP contribution in [-0.4, -0.2) is 21.7 Å². The Morgan fingerprint density at radius 1 is 1.61 bits per heavy atom. The van der Waals surface area contributed by atoms with Crippen LogP contribution in [0.25, 0.3) is 0 Å². The van der Waals surface area contributed by atoms with Crippen LogP contribution in [0.5, 0.6) is 0 Å². The summed E-state index contributed by atoms with van der Waals surface area (Å²) in [6.07, 6.45) is 2.76. The first kappa shape index (κ1) is 13.1. The largest absolute Gasteiger partial charge is 0.369 e. The summed E-state index contributed by atoms with van der Waals surface area (Å²) in [5.74, 6) is -0.0945. The van der Waals surface area contributed by atoms with E-state index < -0.39 is 0 Å². The highest BCUT2D eigenvalue weighted by atomic mass is 16.1. The molecular formula is C13H22N4O. The molecule has 18 heavy (non-hydrogen) atoms. The fourth-order valence-corrected chi connectivity index (χ4v) is 3.10. The number of aromatic nitrogens is 2. The van der Waals surface area contributed by atoms with E-state index in [4.69, 9.17) is 5.73 Å². The molecule has 3 N–H and O–H groups in total. The molecule has 1 aromatic rings. The van der Waals surface area contributed by atoms with Crippen molar-refractivity contribution in [3.8, 4) is 0 Å². The third-order valence-electron chi connectivity index (χ3n) is 3.86. The fourth-order valence-electron chi connectivity index (χ4n) is 3.10. The van der Waals surface area contributed by atoms with Crippen LogP contribution in [0, 0.1) is 11.8 Å². The molecule has 1 saturated heterocycles. The lowest BCUT2D eigenvalue weighted by molar-refractivity contribution is -0.125. The summed E-state index contributed by atoms with van der Waals surface area (Å²) in [5.41, 5.74) is 6.64. The highest BCUT2D eigenvalue weighted by Crippen LogP contribution is 2.35. The lowest BCUT2D eigenvalue weighted by Crippen LogP contribution is -2.49. The van der Waals surface area contributed by atoms with Gasteiger partial charge in [-0.25, -0.2) is 0 Å². The lowest BCUT2D eigenvalue weighted by Gasteiger charge is -2.39. The Morgan fingerprint density at radius 2 is 2.33 bits per heavy atom. The SMILES string of the molecule is CCn1nccc1C1NC(C)CC(C)C1C(N)=O. The average molecular weight is 250 g/mol. The number of nitrogens with one attached hydrogen (secondary N) is 1. The molecule has 2 heterocycles. The van der Waals surface area contributed by atoms with Gasteiger partial charge in [0.05, 0.1) is 17.7 Å². The smallest absolute Gasteiger partial charge is 0.222 e. The molecule has 4 unspecified atom stereocenters. The van der Waals surface area contributed by atoms with Crippen LogP contribution in [0.15, 0.2) is 12.3 Å². The molecule has 0 aliphatic carbocycles. The van der Waals surface area contributed by atoms with Crippen molar-refractivity contribution in [2.24, 2.45) is 17.6 Å². The molecule has 1 aromatic heterocycles.